The Morgan fingerprint density at radius 2 is 0.688 bits per heavy atom. The average molecular weight is 949 g/mol. The van der Waals surface area contributed by atoms with Crippen LogP contribution in [0.5, 0.6) is 0 Å². The van der Waals surface area contributed by atoms with E-state index in [9.17, 15) is 53.2 Å². The zero-order valence-corrected chi connectivity index (χ0v) is 35.2. The molecule has 0 heterocycles. The number of benzene rings is 6. The van der Waals surface area contributed by atoms with Gasteiger partial charge in [-0.25, -0.2) is 0 Å². The molecule has 0 saturated heterocycles. The Morgan fingerprint density at radius 1 is 0.375 bits per heavy atom. The molecular weight excluding hydrogens is 921 g/mol. The molecule has 0 spiro atoms. The van der Waals surface area contributed by atoms with Crippen LogP contribution in [-0.4, -0.2) is 61.6 Å². The summed E-state index contributed by atoms with van der Waals surface area (Å²) in [5.74, 6) is 0. The maximum Gasteiger partial charge on any atom is 0.295 e. The highest BCUT2D eigenvalue weighted by Crippen LogP contribution is 2.31. The summed E-state index contributed by atoms with van der Waals surface area (Å²) in [7, 11) is -18.7. The van der Waals surface area contributed by atoms with Gasteiger partial charge in [0.05, 0.1) is 32.5 Å². The van der Waals surface area contributed by atoms with Crippen molar-refractivity contribution in [3.8, 4) is 0 Å². The summed E-state index contributed by atoms with van der Waals surface area (Å²) in [6, 6.07) is 27.3. The third kappa shape index (κ3) is 12.2. The molecule has 0 aliphatic carbocycles. The zero-order chi connectivity index (χ0) is 46.5. The molecule has 6 rings (SSSR count). The molecular formula is C38H28N8O14S4. The van der Waals surface area contributed by atoms with Gasteiger partial charge >= 0.3 is 0 Å². The fraction of sp³-hybridized carbons (Fsp3) is 0. The van der Waals surface area contributed by atoms with Crippen molar-refractivity contribution in [3.63, 3.8) is 0 Å². The molecule has 0 bridgehead atoms. The highest BCUT2D eigenvalue weighted by atomic mass is 32.2. The number of hydrogen-bond acceptors (Lipinski definition) is 16. The van der Waals surface area contributed by atoms with Crippen LogP contribution in [0.3, 0.4) is 0 Å². The van der Waals surface area contributed by atoms with Crippen LogP contribution in [0.15, 0.2) is 184 Å². The van der Waals surface area contributed by atoms with Crippen molar-refractivity contribution in [3.05, 3.63) is 155 Å². The van der Waals surface area contributed by atoms with Crippen molar-refractivity contribution in [2.45, 2.75) is 19.6 Å². The number of rotatable bonds is 14. The lowest BCUT2D eigenvalue weighted by molar-refractivity contribution is -0.436. The van der Waals surface area contributed by atoms with Crippen LogP contribution in [0.25, 0.3) is 12.2 Å². The average Bonchev–Trinajstić information content (AvgIpc) is 3.24. The lowest BCUT2D eigenvalue weighted by Crippen LogP contribution is -2.03. The third-order valence-corrected chi connectivity index (χ3v) is 11.9. The summed E-state index contributed by atoms with van der Waals surface area (Å²) < 4.78 is 133. The van der Waals surface area contributed by atoms with Crippen molar-refractivity contribution < 1.29 is 61.6 Å². The van der Waals surface area contributed by atoms with Crippen molar-refractivity contribution >= 4 is 98.1 Å². The summed E-state index contributed by atoms with van der Waals surface area (Å²) in [5.41, 5.74) is 0.356. The molecule has 0 saturated carbocycles. The Bertz CT molecular complexity index is 3360. The Morgan fingerprint density at radius 3 is 1.11 bits per heavy atom. The van der Waals surface area contributed by atoms with E-state index in [1.165, 1.54) is 84.9 Å². The van der Waals surface area contributed by atoms with Gasteiger partial charge in [0.1, 0.15) is 21.2 Å². The fourth-order valence-electron chi connectivity index (χ4n) is 5.29. The highest BCUT2D eigenvalue weighted by molar-refractivity contribution is 7.86. The molecule has 0 amide bonds. The van der Waals surface area contributed by atoms with Crippen LogP contribution >= 0.6 is 0 Å². The van der Waals surface area contributed by atoms with Crippen molar-refractivity contribution in [2.75, 3.05) is 0 Å². The van der Waals surface area contributed by atoms with E-state index in [0.29, 0.717) is 17.1 Å². The summed E-state index contributed by atoms with van der Waals surface area (Å²) in [4.78, 5) is -1.86. The van der Waals surface area contributed by atoms with Crippen LogP contribution in [0.1, 0.15) is 11.1 Å². The van der Waals surface area contributed by atoms with E-state index >= 15 is 0 Å². The minimum absolute atomic E-state index is 0.00650. The first-order valence-electron chi connectivity index (χ1n) is 17.5. The number of hydrogen-bond donors (Lipinski definition) is 4. The normalized spacial score (nSPS) is 13.3. The van der Waals surface area contributed by atoms with Crippen molar-refractivity contribution in [2.24, 2.45) is 30.7 Å². The Hall–Kier alpha value is -7.30. The van der Waals surface area contributed by atoms with Crippen LogP contribution in [0, 0.1) is 10.4 Å². The monoisotopic (exact) mass is 948 g/mol. The molecule has 26 heteroatoms. The molecule has 0 atom stereocenters. The summed E-state index contributed by atoms with van der Waals surface area (Å²) in [6.45, 7) is 0. The maximum absolute atomic E-state index is 13.0. The van der Waals surface area contributed by atoms with E-state index in [2.05, 4.69) is 30.7 Å². The lowest BCUT2D eigenvalue weighted by atomic mass is 10.1. The van der Waals surface area contributed by atoms with Crippen LogP contribution in [0.2, 0.25) is 0 Å². The molecule has 0 aliphatic rings. The highest BCUT2D eigenvalue weighted by Gasteiger charge is 2.20. The number of azo groups is 4. The summed E-state index contributed by atoms with van der Waals surface area (Å²) in [6.07, 6.45) is 2.24. The predicted octanol–water partition coefficient (Wildman–Crippen LogP) is 9.53. The summed E-state index contributed by atoms with van der Waals surface area (Å²) >= 11 is 0. The predicted molar refractivity (Wildman–Crippen MR) is 226 cm³/mol. The van der Waals surface area contributed by atoms with E-state index < -0.39 is 55.2 Å². The Labute approximate surface area is 363 Å². The third-order valence-electron chi connectivity index (χ3n) is 8.38. The maximum atomic E-state index is 13.0. The molecule has 64 heavy (non-hydrogen) atoms. The Balaban J connectivity index is 1.17. The first-order chi connectivity index (χ1) is 30.0. The van der Waals surface area contributed by atoms with Gasteiger partial charge in [-0.15, -0.1) is 0 Å². The second kappa shape index (κ2) is 18.6. The second-order valence-electron chi connectivity index (χ2n) is 12.8. The van der Waals surface area contributed by atoms with Gasteiger partial charge in [0.2, 0.25) is 11.4 Å². The van der Waals surface area contributed by atoms with E-state index in [4.69, 9.17) is 9.11 Å². The van der Waals surface area contributed by atoms with Gasteiger partial charge in [0.15, 0.2) is 0 Å². The lowest BCUT2D eigenvalue weighted by Gasteiger charge is -2.07. The molecule has 328 valence electrons. The van der Waals surface area contributed by atoms with E-state index in [1.54, 1.807) is 0 Å². The molecule has 6 aromatic rings. The van der Waals surface area contributed by atoms with Gasteiger partial charge in [-0.3, -0.25) is 18.2 Å². The zero-order valence-electron chi connectivity index (χ0n) is 31.9. The van der Waals surface area contributed by atoms with E-state index in [1.807, 2.05) is 0 Å². The Kier molecular flexibility index (Phi) is 13.4. The van der Waals surface area contributed by atoms with Gasteiger partial charge < -0.3 is 10.4 Å². The number of nitrogens with zero attached hydrogens (tertiary/aromatic N) is 8. The smallest absolute Gasteiger partial charge is 0.295 e. The molecule has 0 unspecified atom stereocenters. The largest absolute Gasteiger partial charge is 0.594 e. The van der Waals surface area contributed by atoms with Gasteiger partial charge in [-0.05, 0) is 114 Å². The molecule has 4 N–H and O–H groups in total. The molecule has 22 nitrogen and oxygen atoms in total. The van der Waals surface area contributed by atoms with Crippen LogP contribution in [-0.2, 0) is 40.5 Å². The van der Waals surface area contributed by atoms with Crippen LogP contribution in [0.4, 0.5) is 45.5 Å². The minimum Gasteiger partial charge on any atom is -0.594 e. The molecule has 0 radical (unpaired) electrons. The van der Waals surface area contributed by atoms with Crippen molar-refractivity contribution in [1.29, 1.82) is 0 Å². The first kappa shape index (κ1) is 46.2. The quantitative estimate of drug-likeness (QED) is 0.0260. The second-order valence-corrected chi connectivity index (χ2v) is 18.5. The standard InChI is InChI=1S/C38H28N8O14S4/c47-45(43-31-14-21-36(22-15-31)62(52,53)54)33-17-10-30(11-18-33)44-46(48)34-16-4-26(38(24-34)64(58,59)60)2-1-25-3-5-32(23-37(25)63(55,56)57)42-41-28-8-6-27(7-9-28)39-40-29-12-19-35(20-13-29)61(49,50)51/h1-24H,(H,49,50,51)(H,52,53,54)(H,55,56,57)(H,58,59,60). The minimum atomic E-state index is -5.00. The van der Waals surface area contributed by atoms with Crippen LogP contribution < -0.4 is 0 Å². The van der Waals surface area contributed by atoms with E-state index in [0.717, 1.165) is 60.7 Å². The molecule has 6 aromatic carbocycles. The molecule has 0 aromatic heterocycles. The van der Waals surface area contributed by atoms with Gasteiger partial charge in [-0.2, -0.15) is 54.1 Å². The SMILES string of the molecule is O=S(=O)(O)c1ccc(N=Nc2ccc(N=Nc3ccc(C=Cc4ccc([N+]([O-])=Nc5ccc([N+]([O-])=Nc6ccc(S(=O)(=O)O)cc6)cc5)cc4S(=O)(=O)O)c(S(=O)(=O)O)c3)cc2)cc1. The van der Waals surface area contributed by atoms with E-state index in [-0.39, 0.29) is 54.2 Å². The topological polar surface area (TPSA) is 344 Å². The fourth-order valence-corrected chi connectivity index (χ4v) is 7.65. The summed E-state index contributed by atoms with van der Waals surface area (Å²) in [5, 5.41) is 49.1. The van der Waals surface area contributed by atoms with Gasteiger partial charge in [0.25, 0.3) is 40.5 Å². The van der Waals surface area contributed by atoms with Crippen molar-refractivity contribution in [1.82, 2.24) is 0 Å². The first-order valence-corrected chi connectivity index (χ1v) is 23.3. The van der Waals surface area contributed by atoms with Gasteiger partial charge in [0, 0.05) is 34.5 Å². The van der Waals surface area contributed by atoms with Gasteiger partial charge in [-0.1, -0.05) is 27.9 Å². The molecule has 0 fully saturated rings. The molecule has 0 aliphatic heterocycles.